The Morgan fingerprint density at radius 2 is 1.86 bits per heavy atom. The predicted octanol–water partition coefficient (Wildman–Crippen LogP) is 4.91. The number of hydrogen-bond donors (Lipinski definition) is 1. The summed E-state index contributed by atoms with van der Waals surface area (Å²) in [5, 5.41) is 9.36. The number of aliphatic carboxylic acids is 1. The summed E-state index contributed by atoms with van der Waals surface area (Å²) in [4.78, 5) is 13.6. The van der Waals surface area contributed by atoms with Crippen molar-refractivity contribution in [1.29, 1.82) is 0 Å². The first-order valence-electron chi connectivity index (χ1n) is 10.7. The van der Waals surface area contributed by atoms with Gasteiger partial charge in [0.1, 0.15) is 5.75 Å². The van der Waals surface area contributed by atoms with Crippen LogP contribution in [0, 0.1) is 5.41 Å². The molecule has 0 amide bonds. The van der Waals surface area contributed by atoms with Crippen LogP contribution >= 0.6 is 0 Å². The summed E-state index contributed by atoms with van der Waals surface area (Å²) in [5.41, 5.74) is 0.362. The second-order valence-electron chi connectivity index (χ2n) is 8.47. The van der Waals surface area contributed by atoms with Crippen molar-refractivity contribution < 1.29 is 19.4 Å². The molecule has 5 heteroatoms. The second-order valence-corrected chi connectivity index (χ2v) is 8.47. The minimum atomic E-state index is -0.762. The van der Waals surface area contributed by atoms with Gasteiger partial charge < -0.3 is 14.6 Å². The zero-order chi connectivity index (χ0) is 20.4. The molecule has 0 bridgehead atoms. The van der Waals surface area contributed by atoms with Crippen molar-refractivity contribution in [3.63, 3.8) is 0 Å². The van der Waals surface area contributed by atoms with E-state index in [1.165, 1.54) is 32.1 Å². The normalized spacial score (nSPS) is 18.2. The number of unbranched alkanes of at least 4 members (excludes halogenated alkanes) is 5. The number of carboxylic acids is 1. The van der Waals surface area contributed by atoms with Crippen LogP contribution in [0.5, 0.6) is 5.75 Å². The van der Waals surface area contributed by atoms with Gasteiger partial charge in [-0.3, -0.25) is 9.69 Å². The molecule has 1 unspecified atom stereocenters. The van der Waals surface area contributed by atoms with E-state index in [4.69, 9.17) is 9.47 Å². The molecule has 1 aromatic rings. The summed E-state index contributed by atoms with van der Waals surface area (Å²) in [7, 11) is 0. The zero-order valence-corrected chi connectivity index (χ0v) is 17.8. The van der Waals surface area contributed by atoms with Crippen LogP contribution in [-0.2, 0) is 9.53 Å². The van der Waals surface area contributed by atoms with Crippen LogP contribution in [0.1, 0.15) is 71.0 Å². The van der Waals surface area contributed by atoms with E-state index in [0.717, 1.165) is 30.9 Å². The Morgan fingerprint density at radius 3 is 2.54 bits per heavy atom. The van der Waals surface area contributed by atoms with Gasteiger partial charge >= 0.3 is 5.97 Å². The average molecular weight is 392 g/mol. The van der Waals surface area contributed by atoms with Crippen LogP contribution < -0.4 is 4.74 Å². The van der Waals surface area contributed by atoms with Gasteiger partial charge in [-0.05, 0) is 38.0 Å². The van der Waals surface area contributed by atoms with Gasteiger partial charge in [-0.25, -0.2) is 0 Å². The summed E-state index contributed by atoms with van der Waals surface area (Å²) in [6, 6.07) is 8.14. The molecule has 2 rings (SSSR count). The minimum absolute atomic E-state index is 0.0223. The fourth-order valence-electron chi connectivity index (χ4n) is 3.53. The molecule has 1 aliphatic rings. The maximum atomic E-state index is 11.4. The molecular weight excluding hydrogens is 354 g/mol. The number of rotatable bonds is 12. The molecule has 158 valence electrons. The summed E-state index contributed by atoms with van der Waals surface area (Å²) in [6.07, 6.45) is 7.55. The summed E-state index contributed by atoms with van der Waals surface area (Å²) in [6.45, 7) is 9.19. The SMILES string of the molecule is CCCCCCCCOc1ccc(C2CN(CC(C)(C)C(=O)O)CCO2)cc1. The molecule has 1 atom stereocenters. The predicted molar refractivity (Wildman–Crippen MR) is 112 cm³/mol. The van der Waals surface area contributed by atoms with Crippen molar-refractivity contribution >= 4 is 5.97 Å². The molecule has 1 N–H and O–H groups in total. The molecule has 1 aromatic carbocycles. The maximum absolute atomic E-state index is 11.4. The van der Waals surface area contributed by atoms with E-state index in [1.54, 1.807) is 13.8 Å². The number of morpholine rings is 1. The van der Waals surface area contributed by atoms with E-state index >= 15 is 0 Å². The summed E-state index contributed by atoms with van der Waals surface area (Å²) < 4.78 is 11.8. The Morgan fingerprint density at radius 1 is 1.18 bits per heavy atom. The van der Waals surface area contributed by atoms with Crippen LogP contribution in [0.25, 0.3) is 0 Å². The van der Waals surface area contributed by atoms with Crippen molar-refractivity contribution in [2.24, 2.45) is 5.41 Å². The molecule has 0 saturated carbocycles. The van der Waals surface area contributed by atoms with E-state index in [1.807, 2.05) is 12.1 Å². The molecule has 0 radical (unpaired) electrons. The Balaban J connectivity index is 1.76. The number of carboxylic acid groups (broad SMARTS) is 1. The summed E-state index contributed by atoms with van der Waals surface area (Å²) >= 11 is 0. The fourth-order valence-corrected chi connectivity index (χ4v) is 3.53. The highest BCUT2D eigenvalue weighted by Crippen LogP contribution is 2.27. The third-order valence-corrected chi connectivity index (χ3v) is 5.37. The van der Waals surface area contributed by atoms with Crippen molar-refractivity contribution in [3.8, 4) is 5.75 Å². The molecule has 1 saturated heterocycles. The molecule has 28 heavy (non-hydrogen) atoms. The minimum Gasteiger partial charge on any atom is -0.494 e. The molecule has 0 aromatic heterocycles. The number of benzene rings is 1. The van der Waals surface area contributed by atoms with Gasteiger partial charge in [0.15, 0.2) is 0 Å². The highest BCUT2D eigenvalue weighted by Gasteiger charge is 2.32. The van der Waals surface area contributed by atoms with Gasteiger partial charge in [-0.2, -0.15) is 0 Å². The Kier molecular flexibility index (Phi) is 9.26. The van der Waals surface area contributed by atoms with Crippen molar-refractivity contribution in [2.75, 3.05) is 32.8 Å². The highest BCUT2D eigenvalue weighted by molar-refractivity contribution is 5.73. The van der Waals surface area contributed by atoms with E-state index in [2.05, 4.69) is 24.0 Å². The first-order chi connectivity index (χ1) is 13.4. The molecule has 1 aliphatic heterocycles. The topological polar surface area (TPSA) is 59.0 Å². The molecule has 0 spiro atoms. The number of ether oxygens (including phenoxy) is 2. The molecule has 1 heterocycles. The lowest BCUT2D eigenvalue weighted by Crippen LogP contribution is -2.45. The Hall–Kier alpha value is -1.59. The van der Waals surface area contributed by atoms with E-state index in [0.29, 0.717) is 19.7 Å². The lowest BCUT2D eigenvalue weighted by molar-refractivity contribution is -0.149. The lowest BCUT2D eigenvalue weighted by atomic mass is 9.92. The van der Waals surface area contributed by atoms with Gasteiger partial charge in [0.2, 0.25) is 0 Å². The second kappa shape index (κ2) is 11.4. The van der Waals surface area contributed by atoms with Gasteiger partial charge in [0, 0.05) is 19.6 Å². The number of nitrogens with zero attached hydrogens (tertiary/aromatic N) is 1. The van der Waals surface area contributed by atoms with Crippen LogP contribution in [0.4, 0.5) is 0 Å². The Bertz CT molecular complexity index is 585. The van der Waals surface area contributed by atoms with Crippen LogP contribution in [0.3, 0.4) is 0 Å². The van der Waals surface area contributed by atoms with Crippen molar-refractivity contribution in [1.82, 2.24) is 4.90 Å². The molecule has 1 fully saturated rings. The van der Waals surface area contributed by atoms with E-state index in [-0.39, 0.29) is 6.10 Å². The smallest absolute Gasteiger partial charge is 0.310 e. The van der Waals surface area contributed by atoms with E-state index in [9.17, 15) is 9.90 Å². The number of carbonyl (C=O) groups is 1. The lowest BCUT2D eigenvalue weighted by Gasteiger charge is -2.36. The maximum Gasteiger partial charge on any atom is 0.310 e. The van der Waals surface area contributed by atoms with Gasteiger partial charge in [-0.1, -0.05) is 51.2 Å². The average Bonchev–Trinajstić information content (AvgIpc) is 2.67. The van der Waals surface area contributed by atoms with Gasteiger partial charge in [0.05, 0.1) is 24.7 Å². The quantitative estimate of drug-likeness (QED) is 0.513. The van der Waals surface area contributed by atoms with Crippen molar-refractivity contribution in [2.45, 2.75) is 65.4 Å². The molecule has 0 aliphatic carbocycles. The monoisotopic (exact) mass is 391 g/mol. The molecular formula is C23H37NO4. The van der Waals surface area contributed by atoms with Crippen LogP contribution in [-0.4, -0.2) is 48.8 Å². The van der Waals surface area contributed by atoms with Crippen LogP contribution in [0.2, 0.25) is 0 Å². The van der Waals surface area contributed by atoms with Crippen LogP contribution in [0.15, 0.2) is 24.3 Å². The Labute approximate surface area is 170 Å². The first kappa shape index (κ1) is 22.7. The third-order valence-electron chi connectivity index (χ3n) is 5.37. The van der Waals surface area contributed by atoms with Gasteiger partial charge in [-0.15, -0.1) is 0 Å². The largest absolute Gasteiger partial charge is 0.494 e. The third kappa shape index (κ3) is 7.44. The zero-order valence-electron chi connectivity index (χ0n) is 17.8. The van der Waals surface area contributed by atoms with E-state index < -0.39 is 11.4 Å². The number of hydrogen-bond acceptors (Lipinski definition) is 4. The fraction of sp³-hybridized carbons (Fsp3) is 0.696. The van der Waals surface area contributed by atoms with Gasteiger partial charge in [0.25, 0.3) is 0 Å². The summed E-state index contributed by atoms with van der Waals surface area (Å²) in [5.74, 6) is 0.138. The standard InChI is InChI=1S/C23H37NO4/c1-4-5-6-7-8-9-15-27-20-12-10-19(11-13-20)21-17-24(14-16-28-21)18-23(2,3)22(25)26/h10-13,21H,4-9,14-18H2,1-3H3,(H,25,26). The van der Waals surface area contributed by atoms with Crippen molar-refractivity contribution in [3.05, 3.63) is 29.8 Å². The molecule has 5 nitrogen and oxygen atoms in total. The first-order valence-corrected chi connectivity index (χ1v) is 10.7. The highest BCUT2D eigenvalue weighted by atomic mass is 16.5.